The van der Waals surface area contributed by atoms with Gasteiger partial charge in [-0.1, -0.05) is 24.3 Å². The van der Waals surface area contributed by atoms with Gasteiger partial charge >= 0.3 is 0 Å². The minimum atomic E-state index is 0.792. The maximum atomic E-state index is 5.41. The van der Waals surface area contributed by atoms with Crippen LogP contribution in [-0.2, 0) is 0 Å². The van der Waals surface area contributed by atoms with E-state index >= 15 is 0 Å². The van der Waals surface area contributed by atoms with Crippen LogP contribution >= 0.6 is 0 Å². The summed E-state index contributed by atoms with van der Waals surface area (Å²) in [6.07, 6.45) is 0. The van der Waals surface area contributed by atoms with Gasteiger partial charge in [0, 0.05) is 12.7 Å². The molecule has 94 valence electrons. The Hall–Kier alpha value is -2.16. The number of para-hydroxylation sites is 2. The lowest BCUT2D eigenvalue weighted by Crippen LogP contribution is -2.11. The van der Waals surface area contributed by atoms with E-state index in [0.29, 0.717) is 0 Å². The number of nitrogens with zero attached hydrogens (tertiary/aromatic N) is 1. The van der Waals surface area contributed by atoms with Crippen molar-refractivity contribution in [3.8, 4) is 11.5 Å². The van der Waals surface area contributed by atoms with Gasteiger partial charge in [0.1, 0.15) is 17.2 Å². The number of rotatable bonds is 4. The van der Waals surface area contributed by atoms with Crippen molar-refractivity contribution in [2.75, 3.05) is 26.2 Å². The van der Waals surface area contributed by atoms with Crippen molar-refractivity contribution in [1.82, 2.24) is 0 Å². The molecule has 3 heteroatoms. The molecule has 18 heavy (non-hydrogen) atoms. The van der Waals surface area contributed by atoms with Crippen LogP contribution in [0.2, 0.25) is 0 Å². The smallest absolute Gasteiger partial charge is 0.146 e. The van der Waals surface area contributed by atoms with Crippen LogP contribution in [0, 0.1) is 0 Å². The summed E-state index contributed by atoms with van der Waals surface area (Å²) < 4.78 is 10.8. The van der Waals surface area contributed by atoms with Crippen molar-refractivity contribution in [2.24, 2.45) is 0 Å². The average Bonchev–Trinajstić information content (AvgIpc) is 2.46. The van der Waals surface area contributed by atoms with Crippen molar-refractivity contribution in [3.63, 3.8) is 0 Å². The van der Waals surface area contributed by atoms with Crippen LogP contribution in [0.1, 0.15) is 0 Å². The minimum Gasteiger partial charge on any atom is -0.494 e. The molecule has 0 spiro atoms. The minimum absolute atomic E-state index is 0.792. The lowest BCUT2D eigenvalue weighted by Gasteiger charge is -2.23. The Morgan fingerprint density at radius 3 is 1.83 bits per heavy atom. The second kappa shape index (κ2) is 5.45. The van der Waals surface area contributed by atoms with Crippen LogP contribution in [0.3, 0.4) is 0 Å². The van der Waals surface area contributed by atoms with Crippen molar-refractivity contribution in [3.05, 3.63) is 48.5 Å². The number of hydrogen-bond acceptors (Lipinski definition) is 3. The van der Waals surface area contributed by atoms with E-state index in [1.54, 1.807) is 14.2 Å². The standard InChI is InChI=1S/C15H17NO2/c1-16(12-8-5-4-6-9-12)15-13(17-2)10-7-11-14(15)18-3/h4-11H,1-3H3. The first-order chi connectivity index (χ1) is 8.77. The normalized spacial score (nSPS) is 9.94. The van der Waals surface area contributed by atoms with Gasteiger partial charge in [-0.05, 0) is 24.3 Å². The number of anilines is 2. The van der Waals surface area contributed by atoms with E-state index < -0.39 is 0 Å². The van der Waals surface area contributed by atoms with Gasteiger partial charge in [0.2, 0.25) is 0 Å². The summed E-state index contributed by atoms with van der Waals surface area (Å²) in [6, 6.07) is 15.9. The van der Waals surface area contributed by atoms with Gasteiger partial charge in [-0.15, -0.1) is 0 Å². The first-order valence-electron chi connectivity index (χ1n) is 5.77. The Balaban J connectivity index is 2.49. The fraction of sp³-hybridized carbons (Fsp3) is 0.200. The summed E-state index contributed by atoms with van der Waals surface area (Å²) in [5.41, 5.74) is 2.01. The van der Waals surface area contributed by atoms with Gasteiger partial charge in [0.15, 0.2) is 0 Å². The summed E-state index contributed by atoms with van der Waals surface area (Å²) >= 11 is 0. The summed E-state index contributed by atoms with van der Waals surface area (Å²) in [4.78, 5) is 2.05. The van der Waals surface area contributed by atoms with E-state index in [2.05, 4.69) is 4.90 Å². The largest absolute Gasteiger partial charge is 0.494 e. The molecule has 0 amide bonds. The van der Waals surface area contributed by atoms with E-state index in [9.17, 15) is 0 Å². The second-order valence-electron chi connectivity index (χ2n) is 3.91. The third-order valence-corrected chi connectivity index (χ3v) is 2.88. The third-order valence-electron chi connectivity index (χ3n) is 2.88. The highest BCUT2D eigenvalue weighted by Gasteiger charge is 2.15. The summed E-state index contributed by atoms with van der Waals surface area (Å²) in [5.74, 6) is 1.58. The highest BCUT2D eigenvalue weighted by Crippen LogP contribution is 2.40. The number of hydrogen-bond donors (Lipinski definition) is 0. The Morgan fingerprint density at radius 2 is 1.33 bits per heavy atom. The Morgan fingerprint density at radius 1 is 0.778 bits per heavy atom. The Bertz CT molecular complexity index is 489. The highest BCUT2D eigenvalue weighted by atomic mass is 16.5. The highest BCUT2D eigenvalue weighted by molar-refractivity contribution is 5.74. The van der Waals surface area contributed by atoms with E-state index in [1.165, 1.54) is 0 Å². The molecule has 0 radical (unpaired) electrons. The molecule has 2 aromatic carbocycles. The molecular formula is C15H17NO2. The summed E-state index contributed by atoms with van der Waals surface area (Å²) in [6.45, 7) is 0. The second-order valence-corrected chi connectivity index (χ2v) is 3.91. The molecule has 0 aromatic heterocycles. The quantitative estimate of drug-likeness (QED) is 0.820. The van der Waals surface area contributed by atoms with Crippen molar-refractivity contribution < 1.29 is 9.47 Å². The van der Waals surface area contributed by atoms with Gasteiger partial charge in [0.25, 0.3) is 0 Å². The molecule has 0 saturated carbocycles. The monoisotopic (exact) mass is 243 g/mol. The van der Waals surface area contributed by atoms with Gasteiger partial charge in [-0.3, -0.25) is 0 Å². The fourth-order valence-electron chi connectivity index (χ4n) is 1.94. The number of benzene rings is 2. The average molecular weight is 243 g/mol. The van der Waals surface area contributed by atoms with Crippen LogP contribution in [-0.4, -0.2) is 21.3 Å². The molecule has 0 aliphatic carbocycles. The Labute approximate surface area is 108 Å². The molecule has 0 aliphatic rings. The number of ether oxygens (including phenoxy) is 2. The van der Waals surface area contributed by atoms with Crippen LogP contribution in [0.5, 0.6) is 11.5 Å². The van der Waals surface area contributed by atoms with Crippen molar-refractivity contribution >= 4 is 11.4 Å². The van der Waals surface area contributed by atoms with E-state index in [-0.39, 0.29) is 0 Å². The first-order valence-corrected chi connectivity index (χ1v) is 5.77. The van der Waals surface area contributed by atoms with Gasteiger partial charge < -0.3 is 14.4 Å². The van der Waals surface area contributed by atoms with Crippen LogP contribution in [0.15, 0.2) is 48.5 Å². The molecule has 0 unspecified atom stereocenters. The van der Waals surface area contributed by atoms with E-state index in [0.717, 1.165) is 22.9 Å². The maximum Gasteiger partial charge on any atom is 0.146 e. The van der Waals surface area contributed by atoms with Crippen LogP contribution in [0.4, 0.5) is 11.4 Å². The molecular weight excluding hydrogens is 226 g/mol. The topological polar surface area (TPSA) is 21.7 Å². The molecule has 0 fully saturated rings. The summed E-state index contributed by atoms with van der Waals surface area (Å²) in [7, 11) is 5.32. The molecule has 0 heterocycles. The SMILES string of the molecule is COc1cccc(OC)c1N(C)c1ccccc1. The van der Waals surface area contributed by atoms with E-state index in [1.807, 2.05) is 55.6 Å². The van der Waals surface area contributed by atoms with Crippen LogP contribution < -0.4 is 14.4 Å². The first kappa shape index (κ1) is 12.3. The molecule has 2 rings (SSSR count). The molecule has 0 bridgehead atoms. The molecule has 0 saturated heterocycles. The predicted octanol–water partition coefficient (Wildman–Crippen LogP) is 3.47. The summed E-state index contributed by atoms with van der Waals surface area (Å²) in [5, 5.41) is 0. The molecule has 2 aromatic rings. The predicted molar refractivity (Wildman–Crippen MR) is 74.1 cm³/mol. The van der Waals surface area contributed by atoms with Gasteiger partial charge in [-0.2, -0.15) is 0 Å². The zero-order valence-corrected chi connectivity index (χ0v) is 10.9. The molecule has 0 aliphatic heterocycles. The van der Waals surface area contributed by atoms with E-state index in [4.69, 9.17) is 9.47 Å². The van der Waals surface area contributed by atoms with Crippen molar-refractivity contribution in [2.45, 2.75) is 0 Å². The zero-order valence-electron chi connectivity index (χ0n) is 10.9. The lowest BCUT2D eigenvalue weighted by molar-refractivity contribution is 0.396. The van der Waals surface area contributed by atoms with Gasteiger partial charge in [0.05, 0.1) is 14.2 Å². The molecule has 0 N–H and O–H groups in total. The van der Waals surface area contributed by atoms with Crippen molar-refractivity contribution in [1.29, 1.82) is 0 Å². The zero-order chi connectivity index (χ0) is 13.0. The van der Waals surface area contributed by atoms with Gasteiger partial charge in [-0.25, -0.2) is 0 Å². The molecule has 0 atom stereocenters. The lowest BCUT2D eigenvalue weighted by atomic mass is 10.2. The molecule has 3 nitrogen and oxygen atoms in total. The number of methoxy groups -OCH3 is 2. The van der Waals surface area contributed by atoms with Crippen LogP contribution in [0.25, 0.3) is 0 Å². The Kier molecular flexibility index (Phi) is 3.72. The fourth-order valence-corrected chi connectivity index (χ4v) is 1.94. The third kappa shape index (κ3) is 2.25. The maximum absolute atomic E-state index is 5.41.